The Kier molecular flexibility index (Phi) is 5.61. The van der Waals surface area contributed by atoms with Gasteiger partial charge in [-0.1, -0.05) is 30.3 Å². The molecule has 1 N–H and O–H groups in total. The van der Waals surface area contributed by atoms with Crippen LogP contribution in [-0.2, 0) is 6.54 Å². The molecule has 0 aliphatic carbocycles. The van der Waals surface area contributed by atoms with E-state index < -0.39 is 0 Å². The van der Waals surface area contributed by atoms with Crippen LogP contribution in [0.15, 0.2) is 53.3 Å². The van der Waals surface area contributed by atoms with E-state index in [2.05, 4.69) is 22.3 Å². The van der Waals surface area contributed by atoms with E-state index in [4.69, 9.17) is 4.42 Å². The van der Waals surface area contributed by atoms with Crippen LogP contribution in [0.2, 0.25) is 0 Å². The quantitative estimate of drug-likeness (QED) is 0.892. The number of hydrogen-bond donors (Lipinski definition) is 1. The Morgan fingerprint density at radius 1 is 1.18 bits per heavy atom. The monoisotopic (exact) mass is 301 g/mol. The minimum Gasteiger partial charge on any atom is -0.472 e. The van der Waals surface area contributed by atoms with Crippen LogP contribution in [0.5, 0.6) is 0 Å². The molecule has 118 valence electrons. The van der Waals surface area contributed by atoms with Gasteiger partial charge in [0.05, 0.1) is 25.1 Å². The third-order valence-electron chi connectivity index (χ3n) is 3.60. The molecule has 5 heteroatoms. The number of amides is 2. The molecule has 0 unspecified atom stereocenters. The Labute approximate surface area is 131 Å². The van der Waals surface area contributed by atoms with Gasteiger partial charge < -0.3 is 19.5 Å². The molecule has 2 amide bonds. The summed E-state index contributed by atoms with van der Waals surface area (Å²) in [6.45, 7) is 1.09. The van der Waals surface area contributed by atoms with E-state index in [1.807, 2.05) is 38.4 Å². The highest BCUT2D eigenvalue weighted by Gasteiger charge is 2.16. The van der Waals surface area contributed by atoms with Crippen molar-refractivity contribution in [3.8, 4) is 0 Å². The fourth-order valence-corrected chi connectivity index (χ4v) is 2.32. The number of hydrogen-bond acceptors (Lipinski definition) is 3. The number of carbonyl (C=O) groups is 1. The summed E-state index contributed by atoms with van der Waals surface area (Å²) in [5.41, 5.74) is 2.16. The van der Waals surface area contributed by atoms with Gasteiger partial charge in [0, 0.05) is 19.2 Å². The van der Waals surface area contributed by atoms with Crippen LogP contribution in [0.4, 0.5) is 4.79 Å². The molecule has 0 fully saturated rings. The largest absolute Gasteiger partial charge is 0.472 e. The SMILES string of the molecule is CN(Cc1ccoc1)C(=O)NC[C@H](c1ccccc1)N(C)C. The molecular formula is C17H23N3O2. The highest BCUT2D eigenvalue weighted by atomic mass is 16.3. The molecule has 0 aliphatic heterocycles. The molecular weight excluding hydrogens is 278 g/mol. The number of carbonyl (C=O) groups excluding carboxylic acids is 1. The van der Waals surface area contributed by atoms with Gasteiger partial charge in [0.25, 0.3) is 0 Å². The zero-order valence-corrected chi connectivity index (χ0v) is 13.3. The summed E-state index contributed by atoms with van der Waals surface area (Å²) in [6.07, 6.45) is 3.26. The lowest BCUT2D eigenvalue weighted by molar-refractivity contribution is 0.200. The van der Waals surface area contributed by atoms with Crippen molar-refractivity contribution >= 4 is 6.03 Å². The second-order valence-corrected chi connectivity index (χ2v) is 5.56. The molecule has 1 heterocycles. The summed E-state index contributed by atoms with van der Waals surface area (Å²) >= 11 is 0. The maximum absolute atomic E-state index is 12.2. The molecule has 22 heavy (non-hydrogen) atoms. The smallest absolute Gasteiger partial charge is 0.317 e. The van der Waals surface area contributed by atoms with Crippen molar-refractivity contribution in [2.45, 2.75) is 12.6 Å². The van der Waals surface area contributed by atoms with Crippen LogP contribution in [0.3, 0.4) is 0 Å². The van der Waals surface area contributed by atoms with Crippen molar-refractivity contribution in [3.63, 3.8) is 0 Å². The normalized spacial score (nSPS) is 12.2. The van der Waals surface area contributed by atoms with Crippen molar-refractivity contribution in [1.29, 1.82) is 0 Å². The van der Waals surface area contributed by atoms with Crippen LogP contribution in [0.25, 0.3) is 0 Å². The first-order chi connectivity index (χ1) is 10.6. The summed E-state index contributed by atoms with van der Waals surface area (Å²) in [5, 5.41) is 2.99. The molecule has 2 aromatic rings. The van der Waals surface area contributed by atoms with E-state index in [9.17, 15) is 4.79 Å². The number of urea groups is 1. The highest BCUT2D eigenvalue weighted by molar-refractivity contribution is 5.73. The number of nitrogens with zero attached hydrogens (tertiary/aromatic N) is 2. The van der Waals surface area contributed by atoms with Gasteiger partial charge in [0.2, 0.25) is 0 Å². The summed E-state index contributed by atoms with van der Waals surface area (Å²) < 4.78 is 5.02. The molecule has 1 aromatic heterocycles. The first-order valence-corrected chi connectivity index (χ1v) is 7.29. The number of nitrogens with one attached hydrogen (secondary N) is 1. The Hall–Kier alpha value is -2.27. The molecule has 0 spiro atoms. The average molecular weight is 301 g/mol. The zero-order chi connectivity index (χ0) is 15.9. The van der Waals surface area contributed by atoms with Crippen molar-refractivity contribution in [2.75, 3.05) is 27.7 Å². The maximum Gasteiger partial charge on any atom is 0.317 e. The van der Waals surface area contributed by atoms with E-state index in [0.29, 0.717) is 13.1 Å². The number of benzene rings is 1. The fraction of sp³-hybridized carbons (Fsp3) is 0.353. The molecule has 0 radical (unpaired) electrons. The van der Waals surface area contributed by atoms with Gasteiger partial charge in [-0.3, -0.25) is 0 Å². The second-order valence-electron chi connectivity index (χ2n) is 5.56. The third kappa shape index (κ3) is 4.36. The van der Waals surface area contributed by atoms with Gasteiger partial charge in [-0.05, 0) is 25.7 Å². The van der Waals surface area contributed by atoms with E-state index in [-0.39, 0.29) is 12.1 Å². The fourth-order valence-electron chi connectivity index (χ4n) is 2.32. The van der Waals surface area contributed by atoms with Gasteiger partial charge >= 0.3 is 6.03 Å². The molecule has 0 aliphatic rings. The highest BCUT2D eigenvalue weighted by Crippen LogP contribution is 2.16. The number of rotatable bonds is 6. The van der Waals surface area contributed by atoms with Crippen molar-refractivity contribution in [1.82, 2.24) is 15.1 Å². The minimum atomic E-state index is -0.0935. The lowest BCUT2D eigenvalue weighted by atomic mass is 10.1. The molecule has 2 rings (SSSR count). The van der Waals surface area contributed by atoms with Crippen molar-refractivity contribution in [3.05, 3.63) is 60.1 Å². The van der Waals surface area contributed by atoms with E-state index in [0.717, 1.165) is 5.56 Å². The van der Waals surface area contributed by atoms with Crippen LogP contribution in [-0.4, -0.2) is 43.5 Å². The van der Waals surface area contributed by atoms with Crippen molar-refractivity contribution < 1.29 is 9.21 Å². The summed E-state index contributed by atoms with van der Waals surface area (Å²) in [5.74, 6) is 0. The van der Waals surface area contributed by atoms with Gasteiger partial charge in [0.1, 0.15) is 0 Å². The Balaban J connectivity index is 1.90. The molecule has 0 saturated heterocycles. The number of likely N-dealkylation sites (N-methyl/N-ethyl adjacent to an activating group) is 1. The topological polar surface area (TPSA) is 48.7 Å². The minimum absolute atomic E-state index is 0.0935. The molecule has 1 atom stereocenters. The summed E-state index contributed by atoms with van der Waals surface area (Å²) in [7, 11) is 5.80. The Bertz CT molecular complexity index is 567. The third-order valence-corrected chi connectivity index (χ3v) is 3.60. The lowest BCUT2D eigenvalue weighted by Crippen LogP contribution is -2.41. The van der Waals surface area contributed by atoms with Gasteiger partial charge in [-0.15, -0.1) is 0 Å². The summed E-state index contributed by atoms with van der Waals surface area (Å²) in [6, 6.07) is 12.1. The standard InChI is InChI=1S/C17H23N3O2/c1-19(2)16(15-7-5-4-6-8-15)11-18-17(21)20(3)12-14-9-10-22-13-14/h4-10,13,16H,11-12H2,1-3H3,(H,18,21)/t16-/m1/s1. The van der Waals surface area contributed by atoms with Crippen LogP contribution in [0.1, 0.15) is 17.2 Å². The first-order valence-electron chi connectivity index (χ1n) is 7.29. The Morgan fingerprint density at radius 3 is 2.50 bits per heavy atom. The molecule has 1 aromatic carbocycles. The van der Waals surface area contributed by atoms with Gasteiger partial charge in [-0.2, -0.15) is 0 Å². The molecule has 5 nitrogen and oxygen atoms in total. The van der Waals surface area contributed by atoms with E-state index in [1.165, 1.54) is 5.56 Å². The van der Waals surface area contributed by atoms with E-state index >= 15 is 0 Å². The first kappa shape index (κ1) is 16.1. The summed E-state index contributed by atoms with van der Waals surface area (Å²) in [4.78, 5) is 15.9. The second kappa shape index (κ2) is 7.66. The van der Waals surface area contributed by atoms with Crippen LogP contribution in [0, 0.1) is 0 Å². The van der Waals surface area contributed by atoms with Crippen molar-refractivity contribution in [2.24, 2.45) is 0 Å². The van der Waals surface area contributed by atoms with E-state index in [1.54, 1.807) is 24.5 Å². The Morgan fingerprint density at radius 2 is 1.91 bits per heavy atom. The predicted molar refractivity (Wildman–Crippen MR) is 86.4 cm³/mol. The maximum atomic E-state index is 12.2. The predicted octanol–water partition coefficient (Wildman–Crippen LogP) is 2.72. The van der Waals surface area contributed by atoms with Gasteiger partial charge in [-0.25, -0.2) is 4.79 Å². The number of furan rings is 1. The molecule has 0 bridgehead atoms. The van der Waals surface area contributed by atoms with Crippen LogP contribution < -0.4 is 5.32 Å². The lowest BCUT2D eigenvalue weighted by Gasteiger charge is -2.26. The zero-order valence-electron chi connectivity index (χ0n) is 13.3. The van der Waals surface area contributed by atoms with Gasteiger partial charge in [0.15, 0.2) is 0 Å². The molecule has 0 saturated carbocycles. The average Bonchev–Trinajstić information content (AvgIpc) is 3.01. The van der Waals surface area contributed by atoms with Crippen LogP contribution >= 0.6 is 0 Å².